The third kappa shape index (κ3) is 5.91. The van der Waals surface area contributed by atoms with Gasteiger partial charge in [-0.15, -0.1) is 0 Å². The lowest BCUT2D eigenvalue weighted by Gasteiger charge is -2.36. The summed E-state index contributed by atoms with van der Waals surface area (Å²) in [6, 6.07) is 23.0. The van der Waals surface area contributed by atoms with E-state index in [9.17, 15) is 4.79 Å². The fourth-order valence-electron chi connectivity index (χ4n) is 6.05. The number of halogens is 1. The van der Waals surface area contributed by atoms with Crippen LogP contribution in [0.3, 0.4) is 0 Å². The second-order valence-corrected chi connectivity index (χ2v) is 10.7. The number of esters is 1. The van der Waals surface area contributed by atoms with Gasteiger partial charge in [0.15, 0.2) is 6.29 Å². The molecule has 2 aliphatic rings. The SMILES string of the molecule is COC(=O)c1ccc2c(c1)CCCC(c1ccc(Cl)cc1)=C2c1ccc(N2CCC(C(OC)OC)CC2)cc1. The molecule has 3 aromatic rings. The van der Waals surface area contributed by atoms with E-state index in [1.807, 2.05) is 24.3 Å². The van der Waals surface area contributed by atoms with Gasteiger partial charge in [0, 0.05) is 43.9 Å². The molecule has 0 bridgehead atoms. The lowest BCUT2D eigenvalue weighted by molar-refractivity contribution is -0.141. The van der Waals surface area contributed by atoms with Crippen LogP contribution in [0.1, 0.15) is 58.3 Å². The van der Waals surface area contributed by atoms with E-state index in [0.29, 0.717) is 11.5 Å². The van der Waals surface area contributed by atoms with Crippen molar-refractivity contribution in [1.29, 1.82) is 0 Å². The molecule has 0 radical (unpaired) electrons. The van der Waals surface area contributed by atoms with Gasteiger partial charge < -0.3 is 19.1 Å². The molecule has 1 fully saturated rings. The smallest absolute Gasteiger partial charge is 0.337 e. The number of methoxy groups -OCH3 is 3. The van der Waals surface area contributed by atoms with Crippen molar-refractivity contribution in [2.24, 2.45) is 5.92 Å². The molecular formula is C33H36ClNO4. The molecule has 1 saturated heterocycles. The first-order valence-electron chi connectivity index (χ1n) is 13.6. The van der Waals surface area contributed by atoms with E-state index < -0.39 is 0 Å². The third-order valence-electron chi connectivity index (χ3n) is 8.07. The number of nitrogens with zero attached hydrogens (tertiary/aromatic N) is 1. The zero-order chi connectivity index (χ0) is 27.4. The Morgan fingerprint density at radius 1 is 0.872 bits per heavy atom. The maximum atomic E-state index is 12.3. The van der Waals surface area contributed by atoms with Gasteiger partial charge in [0.25, 0.3) is 0 Å². The summed E-state index contributed by atoms with van der Waals surface area (Å²) in [5.41, 5.74) is 9.03. The number of aryl methyl sites for hydroxylation is 1. The Morgan fingerprint density at radius 3 is 2.18 bits per heavy atom. The predicted molar refractivity (Wildman–Crippen MR) is 157 cm³/mol. The summed E-state index contributed by atoms with van der Waals surface area (Å²) in [7, 11) is 4.86. The summed E-state index contributed by atoms with van der Waals surface area (Å²) in [5.74, 6) is 0.112. The highest BCUT2D eigenvalue weighted by atomic mass is 35.5. The van der Waals surface area contributed by atoms with Gasteiger partial charge in [-0.2, -0.15) is 0 Å². The van der Waals surface area contributed by atoms with Crippen molar-refractivity contribution in [1.82, 2.24) is 0 Å². The molecule has 0 atom stereocenters. The lowest BCUT2D eigenvalue weighted by Crippen LogP contribution is -2.39. The van der Waals surface area contributed by atoms with Crippen LogP contribution in [0.4, 0.5) is 5.69 Å². The maximum absolute atomic E-state index is 12.3. The molecule has 5 rings (SSSR count). The normalized spacial score (nSPS) is 16.3. The molecule has 39 heavy (non-hydrogen) atoms. The molecule has 0 saturated carbocycles. The van der Waals surface area contributed by atoms with Gasteiger partial charge in [0.05, 0.1) is 12.7 Å². The largest absolute Gasteiger partial charge is 0.465 e. The first-order chi connectivity index (χ1) is 19.0. The van der Waals surface area contributed by atoms with Crippen LogP contribution in [0, 0.1) is 5.92 Å². The number of benzene rings is 3. The molecule has 5 nitrogen and oxygen atoms in total. The molecule has 0 spiro atoms. The van der Waals surface area contributed by atoms with Crippen molar-refractivity contribution in [3.05, 3.63) is 99.6 Å². The van der Waals surface area contributed by atoms with Crippen LogP contribution in [-0.2, 0) is 20.6 Å². The molecule has 204 valence electrons. The Morgan fingerprint density at radius 2 is 1.54 bits per heavy atom. The van der Waals surface area contributed by atoms with Gasteiger partial charge >= 0.3 is 5.97 Å². The topological polar surface area (TPSA) is 48.0 Å². The summed E-state index contributed by atoms with van der Waals surface area (Å²) in [4.78, 5) is 14.7. The van der Waals surface area contributed by atoms with Gasteiger partial charge in [-0.3, -0.25) is 0 Å². The highest BCUT2D eigenvalue weighted by molar-refractivity contribution is 6.30. The zero-order valence-corrected chi connectivity index (χ0v) is 23.7. The minimum absolute atomic E-state index is 0.136. The molecule has 0 N–H and O–H groups in total. The molecule has 3 aromatic carbocycles. The van der Waals surface area contributed by atoms with Crippen LogP contribution in [0.5, 0.6) is 0 Å². The third-order valence-corrected chi connectivity index (χ3v) is 8.33. The lowest BCUT2D eigenvalue weighted by atomic mass is 9.87. The summed E-state index contributed by atoms with van der Waals surface area (Å²) in [6.45, 7) is 1.95. The summed E-state index contributed by atoms with van der Waals surface area (Å²) in [5, 5.41) is 0.730. The highest BCUT2D eigenvalue weighted by Crippen LogP contribution is 2.41. The molecule has 1 aliphatic heterocycles. The van der Waals surface area contributed by atoms with Gasteiger partial charge in [-0.1, -0.05) is 41.9 Å². The van der Waals surface area contributed by atoms with Crippen molar-refractivity contribution in [3.63, 3.8) is 0 Å². The first kappa shape index (κ1) is 27.4. The zero-order valence-electron chi connectivity index (χ0n) is 22.9. The minimum Gasteiger partial charge on any atom is -0.465 e. The minimum atomic E-state index is -0.305. The molecule has 1 aliphatic carbocycles. The highest BCUT2D eigenvalue weighted by Gasteiger charge is 2.27. The van der Waals surface area contributed by atoms with Crippen LogP contribution in [0.25, 0.3) is 11.1 Å². The molecule has 1 heterocycles. The number of hydrogen-bond acceptors (Lipinski definition) is 5. The first-order valence-corrected chi connectivity index (χ1v) is 14.0. The average Bonchev–Trinajstić information content (AvgIpc) is 3.17. The number of carbonyl (C=O) groups excluding carboxylic acids is 1. The van der Waals surface area contributed by atoms with E-state index >= 15 is 0 Å². The Hall–Kier alpha value is -3.12. The Labute approximate surface area is 236 Å². The van der Waals surface area contributed by atoms with E-state index in [-0.39, 0.29) is 12.3 Å². The van der Waals surface area contributed by atoms with Crippen LogP contribution in [0.15, 0.2) is 66.7 Å². The number of ether oxygens (including phenoxy) is 3. The Balaban J connectivity index is 1.50. The fourth-order valence-corrected chi connectivity index (χ4v) is 6.18. The van der Waals surface area contributed by atoms with Crippen molar-refractivity contribution in [2.45, 2.75) is 38.4 Å². The van der Waals surface area contributed by atoms with Gasteiger partial charge in [0.2, 0.25) is 0 Å². The van der Waals surface area contributed by atoms with E-state index in [1.54, 1.807) is 14.2 Å². The van der Waals surface area contributed by atoms with Crippen LogP contribution < -0.4 is 4.90 Å². The standard InChI is InChI=1S/C33H36ClNO4/c1-37-32(36)26-11-16-30-25(21-26)5-4-6-29(22-7-12-27(34)13-8-22)31(30)23-9-14-28(15-10-23)35-19-17-24(18-20-35)33(38-2)39-3/h7-16,21,24,33H,4-6,17-20H2,1-3H3. The van der Waals surface area contributed by atoms with Crippen molar-refractivity contribution in [2.75, 3.05) is 39.3 Å². The molecule has 0 aromatic heterocycles. The van der Waals surface area contributed by atoms with Crippen LogP contribution in [-0.4, -0.2) is 46.7 Å². The van der Waals surface area contributed by atoms with Crippen molar-refractivity contribution in [3.8, 4) is 0 Å². The Bertz CT molecular complexity index is 1320. The number of piperidine rings is 1. The van der Waals surface area contributed by atoms with E-state index in [2.05, 4.69) is 47.4 Å². The molecule has 0 amide bonds. The van der Waals surface area contributed by atoms with Crippen LogP contribution >= 0.6 is 11.6 Å². The maximum Gasteiger partial charge on any atom is 0.337 e. The number of fused-ring (bicyclic) bond motifs is 1. The van der Waals surface area contributed by atoms with E-state index in [1.165, 1.54) is 46.2 Å². The monoisotopic (exact) mass is 545 g/mol. The second kappa shape index (κ2) is 12.4. The molecular weight excluding hydrogens is 510 g/mol. The quantitative estimate of drug-likeness (QED) is 0.231. The summed E-state index contributed by atoms with van der Waals surface area (Å²) < 4.78 is 16.0. The number of allylic oxidation sites excluding steroid dienone is 1. The van der Waals surface area contributed by atoms with E-state index in [0.717, 1.165) is 50.2 Å². The van der Waals surface area contributed by atoms with E-state index in [4.69, 9.17) is 25.8 Å². The van der Waals surface area contributed by atoms with Crippen molar-refractivity contribution >= 4 is 34.4 Å². The second-order valence-electron chi connectivity index (χ2n) is 10.3. The number of anilines is 1. The fraction of sp³-hybridized carbons (Fsp3) is 0.364. The molecule has 0 unspecified atom stereocenters. The van der Waals surface area contributed by atoms with Gasteiger partial charge in [0.1, 0.15) is 0 Å². The number of rotatable bonds is 7. The van der Waals surface area contributed by atoms with Gasteiger partial charge in [-0.05, 0) is 102 Å². The molecule has 6 heteroatoms. The summed E-state index contributed by atoms with van der Waals surface area (Å²) in [6.07, 6.45) is 4.77. The predicted octanol–water partition coefficient (Wildman–Crippen LogP) is 7.26. The van der Waals surface area contributed by atoms with Crippen LogP contribution in [0.2, 0.25) is 5.02 Å². The number of carbonyl (C=O) groups is 1. The average molecular weight is 546 g/mol. The Kier molecular flexibility index (Phi) is 8.71. The summed E-state index contributed by atoms with van der Waals surface area (Å²) >= 11 is 6.23. The number of hydrogen-bond donors (Lipinski definition) is 0. The van der Waals surface area contributed by atoms with Gasteiger partial charge in [-0.25, -0.2) is 4.79 Å². The van der Waals surface area contributed by atoms with Crippen molar-refractivity contribution < 1.29 is 19.0 Å².